The Morgan fingerprint density at radius 2 is 1.82 bits per heavy atom. The molecule has 0 radical (unpaired) electrons. The minimum Gasteiger partial charge on any atom is -0.468 e. The quantitative estimate of drug-likeness (QED) is 0.712. The second-order valence-electron chi connectivity index (χ2n) is 6.73. The molecule has 0 saturated carbocycles. The smallest absolute Gasteiger partial charge is 0.422 e. The van der Waals surface area contributed by atoms with Gasteiger partial charge in [0.05, 0.1) is 12.8 Å². The van der Waals surface area contributed by atoms with Crippen molar-refractivity contribution in [1.29, 1.82) is 0 Å². The Kier molecular flexibility index (Phi) is 6.68. The van der Waals surface area contributed by atoms with Gasteiger partial charge < -0.3 is 9.47 Å². The molecule has 1 N–H and O–H groups in total. The number of hydrogen-bond donors (Lipinski definition) is 1. The van der Waals surface area contributed by atoms with Gasteiger partial charge in [-0.05, 0) is 32.4 Å². The van der Waals surface area contributed by atoms with Crippen molar-refractivity contribution in [2.45, 2.75) is 26.4 Å². The van der Waals surface area contributed by atoms with Crippen LogP contribution in [0.3, 0.4) is 0 Å². The van der Waals surface area contributed by atoms with Crippen LogP contribution >= 0.6 is 11.3 Å². The van der Waals surface area contributed by atoms with Gasteiger partial charge in [-0.25, -0.2) is 13.8 Å². The van der Waals surface area contributed by atoms with E-state index in [1.165, 1.54) is 11.3 Å². The average molecular weight is 427 g/mol. The number of benzene rings is 1. The van der Waals surface area contributed by atoms with E-state index in [2.05, 4.69) is 4.74 Å². The van der Waals surface area contributed by atoms with E-state index in [0.717, 1.165) is 21.9 Å². The first-order valence-electron chi connectivity index (χ1n) is 8.26. The van der Waals surface area contributed by atoms with Gasteiger partial charge in [0.2, 0.25) is 0 Å². The highest BCUT2D eigenvalue weighted by molar-refractivity contribution is 7.91. The highest BCUT2D eigenvalue weighted by Crippen LogP contribution is 2.32. The van der Waals surface area contributed by atoms with Crippen molar-refractivity contribution in [2.75, 3.05) is 18.0 Å². The highest BCUT2D eigenvalue weighted by Gasteiger charge is 2.30. The van der Waals surface area contributed by atoms with E-state index in [9.17, 15) is 18.0 Å². The lowest BCUT2D eigenvalue weighted by Gasteiger charge is -2.24. The summed E-state index contributed by atoms with van der Waals surface area (Å²) >= 11 is 1.31. The maximum Gasteiger partial charge on any atom is 0.422 e. The van der Waals surface area contributed by atoms with E-state index in [-0.39, 0.29) is 5.69 Å². The molecule has 1 aromatic heterocycles. The fourth-order valence-corrected chi connectivity index (χ4v) is 4.16. The second kappa shape index (κ2) is 8.61. The Hall–Kier alpha value is -2.59. The SMILES string of the molecule is COC(=O)CN(c1csc(-c2ccccc2)c1)S(=O)(=O)NC(=O)OC(C)(C)C. The van der Waals surface area contributed by atoms with E-state index < -0.39 is 34.4 Å². The molecular formula is C18H22N2O6S2. The van der Waals surface area contributed by atoms with Gasteiger partial charge in [0.15, 0.2) is 0 Å². The second-order valence-corrected chi connectivity index (χ2v) is 9.23. The van der Waals surface area contributed by atoms with Crippen LogP contribution in [-0.4, -0.2) is 39.7 Å². The summed E-state index contributed by atoms with van der Waals surface area (Å²) in [6.45, 7) is 4.23. The van der Waals surface area contributed by atoms with Gasteiger partial charge in [0.1, 0.15) is 12.1 Å². The predicted octanol–water partition coefficient (Wildman–Crippen LogP) is 3.16. The van der Waals surface area contributed by atoms with E-state index in [4.69, 9.17) is 4.74 Å². The lowest BCUT2D eigenvalue weighted by molar-refractivity contribution is -0.138. The molecule has 28 heavy (non-hydrogen) atoms. The molecule has 1 aromatic carbocycles. The first kappa shape index (κ1) is 21.7. The molecule has 0 spiro atoms. The Labute approximate surface area is 168 Å². The highest BCUT2D eigenvalue weighted by atomic mass is 32.2. The van der Waals surface area contributed by atoms with Crippen LogP contribution in [0.5, 0.6) is 0 Å². The number of rotatable bonds is 6. The minimum atomic E-state index is -4.41. The van der Waals surface area contributed by atoms with Crippen LogP contribution < -0.4 is 9.03 Å². The number of carbonyl (C=O) groups excluding carboxylic acids is 2. The molecule has 0 aliphatic carbocycles. The summed E-state index contributed by atoms with van der Waals surface area (Å²) in [4.78, 5) is 24.5. The number of nitrogens with one attached hydrogen (secondary N) is 1. The summed E-state index contributed by atoms with van der Waals surface area (Å²) in [5.74, 6) is -0.776. The number of thiophene rings is 1. The van der Waals surface area contributed by atoms with Crippen LogP contribution in [0.15, 0.2) is 41.8 Å². The molecule has 1 amide bonds. The normalized spacial score (nSPS) is 11.6. The van der Waals surface area contributed by atoms with Gasteiger partial charge in [-0.1, -0.05) is 30.3 Å². The number of ether oxygens (including phenoxy) is 2. The van der Waals surface area contributed by atoms with Crippen LogP contribution in [0.1, 0.15) is 20.8 Å². The topological polar surface area (TPSA) is 102 Å². The van der Waals surface area contributed by atoms with Crippen molar-refractivity contribution in [2.24, 2.45) is 0 Å². The monoisotopic (exact) mass is 426 g/mol. The van der Waals surface area contributed by atoms with Gasteiger partial charge in [0.25, 0.3) is 0 Å². The van der Waals surface area contributed by atoms with Crippen molar-refractivity contribution >= 4 is 39.3 Å². The fourth-order valence-electron chi connectivity index (χ4n) is 2.17. The Bertz CT molecular complexity index is 932. The zero-order chi connectivity index (χ0) is 20.9. The van der Waals surface area contributed by atoms with Crippen molar-refractivity contribution in [1.82, 2.24) is 4.72 Å². The molecule has 8 nitrogen and oxygen atoms in total. The fraction of sp³-hybridized carbons (Fsp3) is 0.333. The summed E-state index contributed by atoms with van der Waals surface area (Å²) in [6, 6.07) is 11.0. The minimum absolute atomic E-state index is 0.227. The van der Waals surface area contributed by atoms with Gasteiger partial charge in [0, 0.05) is 10.3 Å². The van der Waals surface area contributed by atoms with E-state index in [1.807, 2.05) is 35.1 Å². The molecule has 0 aliphatic rings. The molecule has 0 aliphatic heterocycles. The summed E-state index contributed by atoms with van der Waals surface area (Å²) in [7, 11) is -3.26. The number of anilines is 1. The molecule has 0 fully saturated rings. The first-order valence-corrected chi connectivity index (χ1v) is 10.6. The molecule has 152 valence electrons. The summed E-state index contributed by atoms with van der Waals surface area (Å²) < 4.78 is 37.6. The molecule has 0 unspecified atom stereocenters. The Morgan fingerprint density at radius 1 is 1.18 bits per heavy atom. The number of methoxy groups -OCH3 is 1. The third-order valence-corrected chi connectivity index (χ3v) is 5.65. The van der Waals surface area contributed by atoms with Gasteiger partial charge in [-0.15, -0.1) is 11.3 Å². The third kappa shape index (κ3) is 5.96. The van der Waals surface area contributed by atoms with Crippen LogP contribution in [0.2, 0.25) is 0 Å². The largest absolute Gasteiger partial charge is 0.468 e. The number of carbonyl (C=O) groups is 2. The molecule has 0 saturated heterocycles. The molecule has 0 bridgehead atoms. The number of hydrogen-bond acceptors (Lipinski definition) is 7. The Morgan fingerprint density at radius 3 is 2.39 bits per heavy atom. The number of nitrogens with zero attached hydrogens (tertiary/aromatic N) is 1. The molecule has 10 heteroatoms. The maximum absolute atomic E-state index is 12.7. The van der Waals surface area contributed by atoms with Gasteiger partial charge in [-0.3, -0.25) is 4.79 Å². The first-order chi connectivity index (χ1) is 13.0. The van der Waals surface area contributed by atoms with E-state index in [1.54, 1.807) is 32.2 Å². The van der Waals surface area contributed by atoms with Crippen LogP contribution in [0.4, 0.5) is 10.5 Å². The van der Waals surface area contributed by atoms with Crippen molar-refractivity contribution in [3.05, 3.63) is 41.8 Å². The van der Waals surface area contributed by atoms with Crippen molar-refractivity contribution < 1.29 is 27.5 Å². The van der Waals surface area contributed by atoms with E-state index >= 15 is 0 Å². The molecule has 1 heterocycles. The Balaban J connectivity index is 2.33. The summed E-state index contributed by atoms with van der Waals surface area (Å²) in [5, 5.41) is 1.58. The third-order valence-electron chi connectivity index (χ3n) is 3.33. The van der Waals surface area contributed by atoms with E-state index in [0.29, 0.717) is 0 Å². The van der Waals surface area contributed by atoms with Crippen molar-refractivity contribution in [3.8, 4) is 10.4 Å². The molecular weight excluding hydrogens is 404 g/mol. The molecule has 0 atom stereocenters. The average Bonchev–Trinajstić information content (AvgIpc) is 3.07. The van der Waals surface area contributed by atoms with Crippen LogP contribution in [-0.2, 0) is 24.5 Å². The lowest BCUT2D eigenvalue weighted by atomic mass is 10.2. The van der Waals surface area contributed by atoms with Crippen LogP contribution in [0.25, 0.3) is 10.4 Å². The summed E-state index contributed by atoms with van der Waals surface area (Å²) in [6.07, 6.45) is -1.14. The zero-order valence-electron chi connectivity index (χ0n) is 16.0. The van der Waals surface area contributed by atoms with Gasteiger partial charge >= 0.3 is 22.3 Å². The maximum atomic E-state index is 12.7. The molecule has 2 aromatic rings. The zero-order valence-corrected chi connectivity index (χ0v) is 17.6. The number of amides is 1. The number of esters is 1. The van der Waals surface area contributed by atoms with Crippen LogP contribution in [0, 0.1) is 0 Å². The van der Waals surface area contributed by atoms with Gasteiger partial charge in [-0.2, -0.15) is 8.42 Å². The van der Waals surface area contributed by atoms with Crippen molar-refractivity contribution in [3.63, 3.8) is 0 Å². The molecule has 2 rings (SSSR count). The lowest BCUT2D eigenvalue weighted by Crippen LogP contribution is -2.47. The summed E-state index contributed by atoms with van der Waals surface area (Å²) in [5.41, 5.74) is 0.245. The standard InChI is InChI=1S/C18H22N2O6S2/c1-18(2,3)26-17(22)19-28(23,24)20(11-16(21)25-4)14-10-15(27-12-14)13-8-6-5-7-9-13/h5-10,12H,11H2,1-4H3,(H,19,22). The predicted molar refractivity (Wildman–Crippen MR) is 107 cm³/mol.